The Balaban J connectivity index is 1.59. The maximum absolute atomic E-state index is 13.4. The van der Waals surface area contributed by atoms with E-state index in [0.717, 1.165) is 42.1 Å². The van der Waals surface area contributed by atoms with Crippen LogP contribution in [0.2, 0.25) is 0 Å². The van der Waals surface area contributed by atoms with Crippen molar-refractivity contribution < 1.29 is 13.6 Å². The van der Waals surface area contributed by atoms with Crippen molar-refractivity contribution in [2.45, 2.75) is 25.8 Å². The zero-order valence-corrected chi connectivity index (χ0v) is 14.3. The monoisotopic (exact) mass is 356 g/mol. The molecule has 1 amide bonds. The Labute approximate surface area is 149 Å². The predicted octanol–water partition coefficient (Wildman–Crippen LogP) is 3.36. The first-order valence-electron chi connectivity index (χ1n) is 8.64. The van der Waals surface area contributed by atoms with E-state index in [1.54, 1.807) is 11.1 Å². The minimum atomic E-state index is -1.01. The smallest absolute Gasteiger partial charge is 0.253 e. The molecule has 1 aromatic carbocycles. The van der Waals surface area contributed by atoms with Gasteiger partial charge in [0.2, 0.25) is 0 Å². The summed E-state index contributed by atoms with van der Waals surface area (Å²) in [6.07, 6.45) is 2.52. The van der Waals surface area contributed by atoms with Gasteiger partial charge in [-0.15, -0.1) is 0 Å². The number of pyridine rings is 1. The van der Waals surface area contributed by atoms with Crippen LogP contribution in [0.5, 0.6) is 0 Å². The van der Waals surface area contributed by atoms with Crippen molar-refractivity contribution in [2.75, 3.05) is 13.1 Å². The second-order valence-corrected chi connectivity index (χ2v) is 6.43. The molecule has 7 heteroatoms. The normalized spacial score (nSPS) is 17.2. The van der Waals surface area contributed by atoms with Gasteiger partial charge in [0.05, 0.1) is 0 Å². The number of carbonyl (C=O) groups excluding carboxylic acids is 1. The highest BCUT2D eigenvalue weighted by atomic mass is 19.2. The first-order valence-corrected chi connectivity index (χ1v) is 8.64. The van der Waals surface area contributed by atoms with E-state index in [-0.39, 0.29) is 17.4 Å². The largest absolute Gasteiger partial charge is 0.338 e. The van der Waals surface area contributed by atoms with Crippen LogP contribution in [-0.4, -0.2) is 38.4 Å². The molecule has 26 heavy (non-hydrogen) atoms. The molecular weight excluding hydrogens is 338 g/mol. The van der Waals surface area contributed by atoms with Crippen LogP contribution in [0.4, 0.5) is 8.78 Å². The Morgan fingerprint density at radius 2 is 2.12 bits per heavy atom. The molecule has 1 fully saturated rings. The first kappa shape index (κ1) is 16.6. The highest BCUT2D eigenvalue weighted by molar-refractivity contribution is 5.94. The van der Waals surface area contributed by atoms with Crippen LogP contribution >= 0.6 is 0 Å². The summed E-state index contributed by atoms with van der Waals surface area (Å²) in [5.74, 6) is -1.24. The number of hydrogen-bond acceptors (Lipinski definition) is 3. The van der Waals surface area contributed by atoms with Gasteiger partial charge in [-0.05, 0) is 43.7 Å². The van der Waals surface area contributed by atoms with E-state index in [4.69, 9.17) is 4.98 Å². The Hall–Kier alpha value is -2.83. The van der Waals surface area contributed by atoms with E-state index in [1.807, 2.05) is 19.1 Å². The van der Waals surface area contributed by atoms with Crippen molar-refractivity contribution >= 4 is 17.1 Å². The zero-order valence-electron chi connectivity index (χ0n) is 14.3. The van der Waals surface area contributed by atoms with E-state index >= 15 is 0 Å². The standard InChI is InChI=1S/C19H18F2N4O/c1-2-25-17(23-16-4-3-8-22-18(16)25)13-7-9-24(11-13)19(26)12-5-6-14(20)15(21)10-12/h3-6,8,10,13H,2,7,9,11H2,1H3. The molecule has 1 saturated heterocycles. The quantitative estimate of drug-likeness (QED) is 0.723. The summed E-state index contributed by atoms with van der Waals surface area (Å²) in [7, 11) is 0. The Kier molecular flexibility index (Phi) is 4.14. The average molecular weight is 356 g/mol. The molecule has 2 aromatic heterocycles. The minimum absolute atomic E-state index is 0.0957. The molecule has 4 rings (SSSR count). The molecular formula is C19H18F2N4O. The minimum Gasteiger partial charge on any atom is -0.338 e. The maximum atomic E-state index is 13.4. The van der Waals surface area contributed by atoms with Crippen LogP contribution < -0.4 is 0 Å². The lowest BCUT2D eigenvalue weighted by atomic mass is 10.1. The molecule has 5 nitrogen and oxygen atoms in total. The van der Waals surface area contributed by atoms with Crippen LogP contribution in [-0.2, 0) is 6.54 Å². The summed E-state index contributed by atoms with van der Waals surface area (Å²) in [6.45, 7) is 3.85. The van der Waals surface area contributed by atoms with Gasteiger partial charge in [0, 0.05) is 37.3 Å². The average Bonchev–Trinajstić information content (AvgIpc) is 3.27. The highest BCUT2D eigenvalue weighted by Crippen LogP contribution is 2.30. The van der Waals surface area contributed by atoms with E-state index in [9.17, 15) is 13.6 Å². The SMILES string of the molecule is CCn1c(C2CCN(C(=O)c3ccc(F)c(F)c3)C2)nc2cccnc21. The third-order valence-corrected chi connectivity index (χ3v) is 4.86. The van der Waals surface area contributed by atoms with Gasteiger partial charge in [-0.3, -0.25) is 4.79 Å². The van der Waals surface area contributed by atoms with Gasteiger partial charge in [0.1, 0.15) is 11.3 Å². The van der Waals surface area contributed by atoms with Crippen LogP contribution in [0.3, 0.4) is 0 Å². The molecule has 0 N–H and O–H groups in total. The zero-order chi connectivity index (χ0) is 18.3. The van der Waals surface area contributed by atoms with Crippen molar-refractivity contribution in [3.05, 3.63) is 59.6 Å². The third-order valence-electron chi connectivity index (χ3n) is 4.86. The number of halogens is 2. The van der Waals surface area contributed by atoms with E-state index in [2.05, 4.69) is 9.55 Å². The van der Waals surface area contributed by atoms with E-state index in [1.165, 1.54) is 6.07 Å². The number of imidazole rings is 1. The van der Waals surface area contributed by atoms with Gasteiger partial charge in [0.15, 0.2) is 17.3 Å². The van der Waals surface area contributed by atoms with Crippen LogP contribution in [0.15, 0.2) is 36.5 Å². The number of benzene rings is 1. The van der Waals surface area contributed by atoms with Crippen molar-refractivity contribution in [1.82, 2.24) is 19.4 Å². The van der Waals surface area contributed by atoms with Crippen LogP contribution in [0, 0.1) is 11.6 Å². The van der Waals surface area contributed by atoms with Crippen LogP contribution in [0.25, 0.3) is 11.2 Å². The summed E-state index contributed by atoms with van der Waals surface area (Å²) in [5.41, 5.74) is 1.85. The van der Waals surface area contributed by atoms with Gasteiger partial charge in [-0.2, -0.15) is 0 Å². The Morgan fingerprint density at radius 1 is 1.27 bits per heavy atom. The van der Waals surface area contributed by atoms with Crippen molar-refractivity contribution in [3.8, 4) is 0 Å². The fraction of sp³-hybridized carbons (Fsp3) is 0.316. The summed E-state index contributed by atoms with van der Waals surface area (Å²) in [5, 5.41) is 0. The molecule has 134 valence electrons. The number of likely N-dealkylation sites (tertiary alicyclic amines) is 1. The lowest BCUT2D eigenvalue weighted by Gasteiger charge is -2.17. The topological polar surface area (TPSA) is 51.0 Å². The number of aryl methyl sites for hydroxylation is 1. The summed E-state index contributed by atoms with van der Waals surface area (Å²) in [4.78, 5) is 23.4. The highest BCUT2D eigenvalue weighted by Gasteiger charge is 2.31. The summed E-state index contributed by atoms with van der Waals surface area (Å²) >= 11 is 0. The first-order chi connectivity index (χ1) is 12.6. The molecule has 0 aliphatic carbocycles. The van der Waals surface area contributed by atoms with Gasteiger partial charge in [-0.1, -0.05) is 0 Å². The van der Waals surface area contributed by atoms with Crippen molar-refractivity contribution in [3.63, 3.8) is 0 Å². The Morgan fingerprint density at radius 3 is 2.88 bits per heavy atom. The fourth-order valence-corrected chi connectivity index (χ4v) is 3.57. The van der Waals surface area contributed by atoms with E-state index in [0.29, 0.717) is 13.1 Å². The van der Waals surface area contributed by atoms with Crippen molar-refractivity contribution in [2.24, 2.45) is 0 Å². The second-order valence-electron chi connectivity index (χ2n) is 6.43. The fourth-order valence-electron chi connectivity index (χ4n) is 3.57. The van der Waals surface area contributed by atoms with Gasteiger partial charge < -0.3 is 9.47 Å². The molecule has 0 spiro atoms. The molecule has 1 atom stereocenters. The van der Waals surface area contributed by atoms with Gasteiger partial charge >= 0.3 is 0 Å². The number of amides is 1. The molecule has 1 unspecified atom stereocenters. The number of hydrogen-bond donors (Lipinski definition) is 0. The number of carbonyl (C=O) groups is 1. The number of rotatable bonds is 3. The lowest BCUT2D eigenvalue weighted by molar-refractivity contribution is 0.0790. The predicted molar refractivity (Wildman–Crippen MR) is 92.8 cm³/mol. The second kappa shape index (κ2) is 6.48. The maximum Gasteiger partial charge on any atom is 0.253 e. The van der Waals surface area contributed by atoms with Gasteiger partial charge in [-0.25, -0.2) is 18.7 Å². The van der Waals surface area contributed by atoms with Crippen LogP contribution in [0.1, 0.15) is 35.4 Å². The summed E-state index contributed by atoms with van der Waals surface area (Å²) in [6, 6.07) is 7.04. The number of aromatic nitrogens is 3. The van der Waals surface area contributed by atoms with Gasteiger partial charge in [0.25, 0.3) is 5.91 Å². The number of fused-ring (bicyclic) bond motifs is 1. The molecule has 1 aliphatic rings. The molecule has 0 bridgehead atoms. The summed E-state index contributed by atoms with van der Waals surface area (Å²) < 4.78 is 28.6. The molecule has 0 saturated carbocycles. The third kappa shape index (κ3) is 2.73. The molecule has 0 radical (unpaired) electrons. The molecule has 3 heterocycles. The molecule has 1 aliphatic heterocycles. The number of nitrogens with zero attached hydrogens (tertiary/aromatic N) is 4. The van der Waals surface area contributed by atoms with Crippen molar-refractivity contribution in [1.29, 1.82) is 0 Å². The lowest BCUT2D eigenvalue weighted by Crippen LogP contribution is -2.28. The Bertz CT molecular complexity index is 985. The molecule has 3 aromatic rings. The van der Waals surface area contributed by atoms with E-state index < -0.39 is 11.6 Å².